The van der Waals surface area contributed by atoms with Crippen molar-refractivity contribution in [3.63, 3.8) is 0 Å². The molecule has 4 rings (SSSR count). The summed E-state index contributed by atoms with van der Waals surface area (Å²) in [5.41, 5.74) is 1.83. The summed E-state index contributed by atoms with van der Waals surface area (Å²) >= 11 is 12.8. The lowest BCUT2D eigenvalue weighted by atomic mass is 10.1. The van der Waals surface area contributed by atoms with E-state index in [4.69, 9.17) is 37.4 Å². The fourth-order valence-corrected chi connectivity index (χ4v) is 3.88. The molecule has 2 aliphatic heterocycles. The molecule has 1 spiro atoms. The van der Waals surface area contributed by atoms with E-state index in [1.165, 1.54) is 0 Å². The van der Waals surface area contributed by atoms with Crippen LogP contribution in [0.15, 0.2) is 36.4 Å². The number of rotatable bonds is 3. The Labute approximate surface area is 155 Å². The molecule has 25 heavy (non-hydrogen) atoms. The molecule has 2 heterocycles. The minimum atomic E-state index is -1.51. The number of methoxy groups -OCH3 is 1. The Kier molecular flexibility index (Phi) is 4.12. The second-order valence-electron chi connectivity index (χ2n) is 5.77. The molecule has 1 saturated heterocycles. The van der Waals surface area contributed by atoms with Crippen molar-refractivity contribution in [2.45, 2.75) is 12.3 Å². The van der Waals surface area contributed by atoms with Gasteiger partial charge in [-0.05, 0) is 18.2 Å². The highest BCUT2D eigenvalue weighted by molar-refractivity contribution is 6.38. The van der Waals surface area contributed by atoms with Crippen molar-refractivity contribution in [2.24, 2.45) is 0 Å². The third-order valence-corrected chi connectivity index (χ3v) is 5.04. The first-order valence-corrected chi connectivity index (χ1v) is 8.54. The predicted octanol–water partition coefficient (Wildman–Crippen LogP) is 3.75. The molecular formula is C18H15Cl2NO4. The first kappa shape index (κ1) is 16.7. The lowest BCUT2D eigenvalue weighted by molar-refractivity contribution is -0.180. The number of carbonyl (C=O) groups excluding carboxylic acids is 1. The first-order valence-electron chi connectivity index (χ1n) is 7.79. The smallest absolute Gasteiger partial charge is 0.292 e. The zero-order valence-electron chi connectivity index (χ0n) is 13.4. The molecule has 0 saturated carbocycles. The normalized spacial score (nSPS) is 18.0. The number of hydrogen-bond donors (Lipinski definition) is 0. The highest BCUT2D eigenvalue weighted by atomic mass is 35.5. The molecule has 0 radical (unpaired) electrons. The van der Waals surface area contributed by atoms with Crippen molar-refractivity contribution >= 4 is 34.8 Å². The minimum absolute atomic E-state index is 0.268. The summed E-state index contributed by atoms with van der Waals surface area (Å²) in [6.07, 6.45) is 0. The van der Waals surface area contributed by atoms with Crippen LogP contribution in [0.4, 0.5) is 5.69 Å². The van der Waals surface area contributed by atoms with Crippen LogP contribution in [-0.2, 0) is 26.6 Å². The van der Waals surface area contributed by atoms with Gasteiger partial charge in [0.05, 0.1) is 48.2 Å². The van der Waals surface area contributed by atoms with Crippen LogP contribution in [0, 0.1) is 0 Å². The van der Waals surface area contributed by atoms with Gasteiger partial charge in [-0.2, -0.15) is 0 Å². The van der Waals surface area contributed by atoms with Crippen LogP contribution in [0.25, 0.3) is 0 Å². The molecule has 0 atom stereocenters. The average molecular weight is 380 g/mol. The number of carbonyl (C=O) groups is 1. The zero-order valence-corrected chi connectivity index (χ0v) is 14.9. The molecule has 0 bridgehead atoms. The second kappa shape index (κ2) is 6.18. The number of nitrogens with zero attached hydrogens (tertiary/aromatic N) is 1. The molecule has 5 nitrogen and oxygen atoms in total. The number of amides is 1. The molecule has 0 aliphatic carbocycles. The van der Waals surface area contributed by atoms with E-state index in [0.29, 0.717) is 40.3 Å². The number of fused-ring (bicyclic) bond motifs is 2. The van der Waals surface area contributed by atoms with Gasteiger partial charge in [0.15, 0.2) is 0 Å². The van der Waals surface area contributed by atoms with E-state index < -0.39 is 5.79 Å². The maximum Gasteiger partial charge on any atom is 0.292 e. The number of anilines is 1. The Balaban J connectivity index is 1.85. The SMILES string of the molecule is COc1ccccc1CN1C(=O)C2(OCCO2)c2c(Cl)ccc(Cl)c21. The largest absolute Gasteiger partial charge is 0.496 e. The summed E-state index contributed by atoms with van der Waals surface area (Å²) in [5, 5.41) is 0.802. The van der Waals surface area contributed by atoms with Crippen molar-refractivity contribution < 1.29 is 19.0 Å². The Hall–Kier alpha value is -1.79. The fourth-order valence-electron chi connectivity index (χ4n) is 3.34. The van der Waals surface area contributed by atoms with E-state index in [1.807, 2.05) is 24.3 Å². The van der Waals surface area contributed by atoms with Crippen LogP contribution < -0.4 is 9.64 Å². The molecule has 0 aromatic heterocycles. The van der Waals surface area contributed by atoms with Gasteiger partial charge in [-0.1, -0.05) is 41.4 Å². The number of ether oxygens (including phenoxy) is 3. The fraction of sp³-hybridized carbons (Fsp3) is 0.278. The van der Waals surface area contributed by atoms with Gasteiger partial charge in [0.25, 0.3) is 11.7 Å². The van der Waals surface area contributed by atoms with Gasteiger partial charge >= 0.3 is 0 Å². The number of hydrogen-bond acceptors (Lipinski definition) is 4. The Morgan fingerprint density at radius 1 is 1.12 bits per heavy atom. The predicted molar refractivity (Wildman–Crippen MR) is 94.2 cm³/mol. The monoisotopic (exact) mass is 379 g/mol. The van der Waals surface area contributed by atoms with E-state index >= 15 is 0 Å². The van der Waals surface area contributed by atoms with Gasteiger partial charge < -0.3 is 19.1 Å². The van der Waals surface area contributed by atoms with Gasteiger partial charge in [-0.25, -0.2) is 0 Å². The maximum absolute atomic E-state index is 13.2. The summed E-state index contributed by atoms with van der Waals surface area (Å²) in [4.78, 5) is 14.8. The summed E-state index contributed by atoms with van der Waals surface area (Å²) in [5.74, 6) is -1.16. The van der Waals surface area contributed by atoms with Gasteiger partial charge in [-0.15, -0.1) is 0 Å². The maximum atomic E-state index is 13.2. The highest BCUT2D eigenvalue weighted by Gasteiger charge is 2.58. The lowest BCUT2D eigenvalue weighted by Gasteiger charge is -2.23. The molecule has 0 N–H and O–H groups in total. The van der Waals surface area contributed by atoms with Crippen molar-refractivity contribution in [2.75, 3.05) is 25.2 Å². The second-order valence-corrected chi connectivity index (χ2v) is 6.58. The van der Waals surface area contributed by atoms with Crippen LogP contribution >= 0.6 is 23.2 Å². The Morgan fingerprint density at radius 3 is 2.52 bits per heavy atom. The van der Waals surface area contributed by atoms with Crippen molar-refractivity contribution in [1.29, 1.82) is 0 Å². The highest BCUT2D eigenvalue weighted by Crippen LogP contribution is 2.52. The van der Waals surface area contributed by atoms with E-state index in [9.17, 15) is 4.79 Å². The summed E-state index contributed by atoms with van der Waals surface area (Å²) in [6, 6.07) is 10.8. The Morgan fingerprint density at radius 2 is 1.80 bits per heavy atom. The first-order chi connectivity index (χ1) is 12.1. The van der Waals surface area contributed by atoms with Crippen LogP contribution in [0.5, 0.6) is 5.75 Å². The molecule has 1 amide bonds. The van der Waals surface area contributed by atoms with Gasteiger partial charge in [0.2, 0.25) is 0 Å². The molecule has 130 valence electrons. The van der Waals surface area contributed by atoms with Crippen molar-refractivity contribution in [1.82, 2.24) is 0 Å². The van der Waals surface area contributed by atoms with E-state index in [0.717, 1.165) is 5.56 Å². The van der Waals surface area contributed by atoms with E-state index in [2.05, 4.69) is 0 Å². The molecule has 1 fully saturated rings. The number of benzene rings is 2. The van der Waals surface area contributed by atoms with Crippen molar-refractivity contribution in [3.05, 3.63) is 57.6 Å². The third kappa shape index (κ3) is 2.42. The third-order valence-electron chi connectivity index (χ3n) is 4.42. The van der Waals surface area contributed by atoms with Crippen molar-refractivity contribution in [3.8, 4) is 5.75 Å². The lowest BCUT2D eigenvalue weighted by Crippen LogP contribution is -2.41. The molecule has 2 aliphatic rings. The topological polar surface area (TPSA) is 48.0 Å². The zero-order chi connectivity index (χ0) is 17.6. The summed E-state index contributed by atoms with van der Waals surface area (Å²) in [7, 11) is 1.59. The standard InChI is InChI=1S/C18H15Cl2NO4/c1-23-14-5-3-2-4-11(14)10-21-16-13(20)7-6-12(19)15(16)18(17(21)22)24-8-9-25-18/h2-7H,8-10H2,1H3. The van der Waals surface area contributed by atoms with Crippen LogP contribution in [-0.4, -0.2) is 26.2 Å². The molecule has 0 unspecified atom stereocenters. The molecule has 2 aromatic rings. The van der Waals surface area contributed by atoms with Crippen LogP contribution in [0.1, 0.15) is 11.1 Å². The minimum Gasteiger partial charge on any atom is -0.496 e. The quantitative estimate of drug-likeness (QED) is 0.814. The van der Waals surface area contributed by atoms with E-state index in [-0.39, 0.29) is 12.5 Å². The number of para-hydroxylation sites is 1. The molecular weight excluding hydrogens is 365 g/mol. The number of halogens is 2. The van der Waals surface area contributed by atoms with E-state index in [1.54, 1.807) is 24.1 Å². The average Bonchev–Trinajstić information content (AvgIpc) is 3.20. The summed E-state index contributed by atoms with van der Waals surface area (Å²) < 4.78 is 16.8. The van der Waals surface area contributed by atoms with Gasteiger partial charge in [0, 0.05) is 5.56 Å². The molecule has 2 aromatic carbocycles. The molecule has 7 heteroatoms. The Bertz CT molecular complexity index is 849. The van der Waals surface area contributed by atoms with Crippen LogP contribution in [0.2, 0.25) is 10.0 Å². The van der Waals surface area contributed by atoms with Gasteiger partial charge in [-0.3, -0.25) is 4.79 Å². The summed E-state index contributed by atoms with van der Waals surface area (Å²) in [6.45, 7) is 0.900. The van der Waals surface area contributed by atoms with Crippen LogP contribution in [0.3, 0.4) is 0 Å². The van der Waals surface area contributed by atoms with Gasteiger partial charge in [0.1, 0.15) is 5.75 Å².